The molecule has 1 rings (SSSR count). The van der Waals surface area contributed by atoms with Gasteiger partial charge >= 0.3 is 11.5 Å². The van der Waals surface area contributed by atoms with Crippen molar-refractivity contribution in [1.82, 2.24) is 0 Å². The van der Waals surface area contributed by atoms with E-state index in [0.29, 0.717) is 0 Å². The summed E-state index contributed by atoms with van der Waals surface area (Å²) in [4.78, 5) is 0. The number of hydrogen-bond donors (Lipinski definition) is 0. The van der Waals surface area contributed by atoms with Crippen LogP contribution in [0.15, 0.2) is 4.42 Å². The van der Waals surface area contributed by atoms with E-state index in [-0.39, 0.29) is 32.7 Å². The summed E-state index contributed by atoms with van der Waals surface area (Å²) in [5, 5.41) is 0. The molecule has 0 saturated carbocycles. The minimum absolute atomic E-state index is 0. The third-order valence-corrected chi connectivity index (χ3v) is 2.49. The van der Waals surface area contributed by atoms with Crippen LogP contribution in [0.3, 0.4) is 0 Å². The van der Waals surface area contributed by atoms with Gasteiger partial charge in [-0.15, -0.1) is 0 Å². The maximum Gasteiger partial charge on any atom is 0.329 e. The Balaban J connectivity index is 0.00000121. The van der Waals surface area contributed by atoms with E-state index in [2.05, 4.69) is 20.8 Å². The van der Waals surface area contributed by atoms with Gasteiger partial charge in [0, 0.05) is 32.7 Å². The summed E-state index contributed by atoms with van der Waals surface area (Å²) in [5.41, 5.74) is 3.90. The predicted octanol–water partition coefficient (Wildman–Crippen LogP) is 3.10. The van der Waals surface area contributed by atoms with Crippen LogP contribution >= 0.6 is 0 Å². The van der Waals surface area contributed by atoms with Crippen LogP contribution < -0.4 is 0 Å². The number of rotatable bonds is 0. The second-order valence-electron chi connectivity index (χ2n) is 3.09. The van der Waals surface area contributed by atoms with Crippen molar-refractivity contribution in [3.05, 3.63) is 28.2 Å². The normalized spacial score (nSPS) is 9.42. The first-order valence-corrected chi connectivity index (χ1v) is 3.91. The average Bonchev–Trinajstić information content (AvgIpc) is 1.97. The maximum atomic E-state index is 5.52. The molecule has 0 spiro atoms. The van der Waals surface area contributed by atoms with E-state index in [1.54, 1.807) is 0 Å². The Bertz CT molecular complexity index is 266. The topological polar surface area (TPSA) is 11.3 Å². The van der Waals surface area contributed by atoms with Crippen LogP contribution in [-0.4, -0.2) is 0 Å². The summed E-state index contributed by atoms with van der Waals surface area (Å²) in [6.07, 6.45) is 0. The van der Waals surface area contributed by atoms with Crippen molar-refractivity contribution >= 4 is 0 Å². The molecule has 1 radical (unpaired) electrons. The fourth-order valence-electron chi connectivity index (χ4n) is 1.19. The summed E-state index contributed by atoms with van der Waals surface area (Å²) >= 11 is 0. The van der Waals surface area contributed by atoms with Crippen LogP contribution in [0.4, 0.5) is 0 Å². The Morgan fingerprint density at radius 2 is 1.00 bits per heavy atom. The van der Waals surface area contributed by atoms with E-state index >= 15 is 0 Å². The summed E-state index contributed by atoms with van der Waals surface area (Å²) in [5.74, 6) is 2.07. The molecule has 0 bridgehead atoms. The molecule has 0 fully saturated rings. The van der Waals surface area contributed by atoms with Crippen molar-refractivity contribution < 1.29 is 37.1 Å². The van der Waals surface area contributed by atoms with E-state index in [0.717, 1.165) is 11.5 Å². The van der Waals surface area contributed by atoms with Crippen molar-refractivity contribution in [2.45, 2.75) is 34.6 Å². The van der Waals surface area contributed by atoms with Crippen molar-refractivity contribution in [3.63, 3.8) is 0 Å². The Morgan fingerprint density at radius 3 is 1.33 bits per heavy atom. The Hall–Kier alpha value is 0.254. The Morgan fingerprint density at radius 1 is 0.667 bits per heavy atom. The molecule has 0 unspecified atom stereocenters. The van der Waals surface area contributed by atoms with Gasteiger partial charge in [0.2, 0.25) is 0 Å². The molecule has 0 saturated heterocycles. The molecule has 0 N–H and O–H groups in total. The van der Waals surface area contributed by atoms with Crippen LogP contribution in [-0.2, 0) is 32.7 Å². The van der Waals surface area contributed by atoms with Crippen LogP contribution in [0.5, 0.6) is 0 Å². The second-order valence-corrected chi connectivity index (χ2v) is 3.09. The third-order valence-electron chi connectivity index (χ3n) is 2.49. The van der Waals surface area contributed by atoms with Gasteiger partial charge in [0.25, 0.3) is 0 Å². The molecule has 0 aliphatic carbocycles. The molecular weight excluding hydrogens is 225 g/mol. The van der Waals surface area contributed by atoms with Gasteiger partial charge in [-0.3, -0.25) is 0 Å². The fourth-order valence-corrected chi connectivity index (χ4v) is 1.19. The Labute approximate surface area is 99.4 Å². The van der Waals surface area contributed by atoms with Gasteiger partial charge in [-0.25, -0.2) is 4.42 Å². The van der Waals surface area contributed by atoms with E-state index in [1.807, 2.05) is 13.8 Å². The zero-order valence-corrected chi connectivity index (χ0v) is 11.3. The largest absolute Gasteiger partial charge is 0.329 e. The standard InChI is InChI=1S/C10H15O.Y/c1-6-7(2)9(4)11-10(5)8(6)3;/h1-5H3;/q+1;. The van der Waals surface area contributed by atoms with Crippen molar-refractivity contribution in [2.75, 3.05) is 0 Å². The molecular formula is C10H15OY+. The van der Waals surface area contributed by atoms with E-state index in [9.17, 15) is 0 Å². The van der Waals surface area contributed by atoms with Crippen molar-refractivity contribution in [1.29, 1.82) is 0 Å². The van der Waals surface area contributed by atoms with Gasteiger partial charge in [0.1, 0.15) is 0 Å². The summed E-state index contributed by atoms with van der Waals surface area (Å²) in [6.45, 7) is 10.4. The SMILES string of the molecule is Cc1[o+]c(C)c(C)c(C)c1C.[Y]. The number of aryl methyl sites for hydroxylation is 2. The smallest absolute Gasteiger partial charge is 0.218 e. The molecule has 63 valence electrons. The molecule has 0 amide bonds. The van der Waals surface area contributed by atoms with Crippen LogP contribution in [0.1, 0.15) is 28.2 Å². The molecule has 2 heteroatoms. The van der Waals surface area contributed by atoms with Gasteiger partial charge in [0.15, 0.2) is 0 Å². The molecule has 0 aromatic carbocycles. The minimum Gasteiger partial charge on any atom is -0.218 e. The first-order chi connectivity index (χ1) is 5.04. The molecule has 0 aliphatic rings. The first kappa shape index (κ1) is 12.3. The van der Waals surface area contributed by atoms with Crippen molar-refractivity contribution in [3.8, 4) is 0 Å². The monoisotopic (exact) mass is 240 g/mol. The van der Waals surface area contributed by atoms with Crippen LogP contribution in [0.2, 0.25) is 0 Å². The van der Waals surface area contributed by atoms with Gasteiger partial charge in [-0.05, 0) is 26.3 Å². The van der Waals surface area contributed by atoms with Gasteiger partial charge in [0.05, 0.1) is 25.0 Å². The first-order valence-electron chi connectivity index (χ1n) is 3.91. The van der Waals surface area contributed by atoms with E-state index < -0.39 is 0 Å². The van der Waals surface area contributed by atoms with Gasteiger partial charge < -0.3 is 0 Å². The minimum atomic E-state index is 0. The molecule has 1 aromatic heterocycles. The zero-order chi connectivity index (χ0) is 8.59. The summed E-state index contributed by atoms with van der Waals surface area (Å²) < 4.78 is 5.52. The summed E-state index contributed by atoms with van der Waals surface area (Å²) in [7, 11) is 0. The molecule has 12 heavy (non-hydrogen) atoms. The Kier molecular flexibility index (Phi) is 4.57. The number of hydrogen-bond acceptors (Lipinski definition) is 0. The molecule has 0 atom stereocenters. The quantitative estimate of drug-likeness (QED) is 0.634. The fraction of sp³-hybridized carbons (Fsp3) is 0.500. The zero-order valence-electron chi connectivity index (χ0n) is 8.49. The molecule has 0 aliphatic heterocycles. The van der Waals surface area contributed by atoms with Gasteiger partial charge in [-0.1, -0.05) is 0 Å². The molecule has 1 aromatic rings. The average molecular weight is 240 g/mol. The summed E-state index contributed by atoms with van der Waals surface area (Å²) in [6, 6.07) is 0. The molecule has 1 nitrogen and oxygen atoms in total. The van der Waals surface area contributed by atoms with Crippen LogP contribution in [0.25, 0.3) is 0 Å². The third kappa shape index (κ3) is 2.14. The predicted molar refractivity (Wildman–Crippen MR) is 46.8 cm³/mol. The maximum absolute atomic E-state index is 5.52. The van der Waals surface area contributed by atoms with E-state index in [4.69, 9.17) is 4.42 Å². The van der Waals surface area contributed by atoms with Gasteiger partial charge in [-0.2, -0.15) is 0 Å². The second kappa shape index (κ2) is 4.48. The van der Waals surface area contributed by atoms with E-state index in [1.165, 1.54) is 16.7 Å². The van der Waals surface area contributed by atoms with Crippen LogP contribution in [0, 0.1) is 34.6 Å². The molecule has 1 heterocycles. The van der Waals surface area contributed by atoms with Crippen molar-refractivity contribution in [2.24, 2.45) is 0 Å².